The molecule has 4 rings (SSSR count). The van der Waals surface area contributed by atoms with Crippen LogP contribution in [-0.4, -0.2) is 17.7 Å². The molecule has 5 nitrogen and oxygen atoms in total. The second-order valence-corrected chi connectivity index (χ2v) is 6.27. The number of fused-ring (bicyclic) bond motifs is 1. The van der Waals surface area contributed by atoms with Crippen molar-refractivity contribution in [3.63, 3.8) is 0 Å². The van der Waals surface area contributed by atoms with E-state index in [1.54, 1.807) is 54.6 Å². The Kier molecular flexibility index (Phi) is 4.56. The summed E-state index contributed by atoms with van der Waals surface area (Å²) in [4.78, 5) is 38.5. The normalized spacial score (nSPS) is 13.1. The van der Waals surface area contributed by atoms with E-state index in [0.717, 1.165) is 10.5 Å². The maximum Gasteiger partial charge on any atom is 0.266 e. The van der Waals surface area contributed by atoms with Crippen LogP contribution in [0.3, 0.4) is 0 Å². The van der Waals surface area contributed by atoms with Crippen LogP contribution in [0.2, 0.25) is 0 Å². The molecule has 28 heavy (non-hydrogen) atoms. The zero-order valence-electron chi connectivity index (χ0n) is 14.8. The predicted octanol–water partition coefficient (Wildman–Crippen LogP) is 4.14. The summed E-state index contributed by atoms with van der Waals surface area (Å²) in [6, 6.07) is 22.9. The molecular weight excluding hydrogens is 352 g/mol. The Morgan fingerprint density at radius 3 is 2.11 bits per heavy atom. The minimum Gasteiger partial charge on any atom is -0.322 e. The number of nitrogens with zero attached hydrogens (tertiary/aromatic N) is 1. The van der Waals surface area contributed by atoms with Crippen molar-refractivity contribution in [1.82, 2.24) is 0 Å². The minimum absolute atomic E-state index is 0.302. The third-order valence-electron chi connectivity index (χ3n) is 4.39. The molecule has 0 aliphatic carbocycles. The maximum absolute atomic E-state index is 12.6. The maximum atomic E-state index is 12.6. The molecule has 0 saturated heterocycles. The van der Waals surface area contributed by atoms with Crippen LogP contribution in [-0.2, 0) is 4.79 Å². The second-order valence-electron chi connectivity index (χ2n) is 6.27. The number of carbonyl (C=O) groups is 3. The number of amides is 3. The third-order valence-corrected chi connectivity index (χ3v) is 4.39. The molecule has 5 heteroatoms. The van der Waals surface area contributed by atoms with Gasteiger partial charge in [0.25, 0.3) is 11.8 Å². The van der Waals surface area contributed by atoms with Gasteiger partial charge in [-0.05, 0) is 42.0 Å². The van der Waals surface area contributed by atoms with E-state index >= 15 is 0 Å². The summed E-state index contributed by atoms with van der Waals surface area (Å²) in [5.74, 6) is -1.04. The van der Waals surface area contributed by atoms with Crippen LogP contribution in [0.4, 0.5) is 11.4 Å². The Labute approximate surface area is 161 Å². The van der Waals surface area contributed by atoms with E-state index in [2.05, 4.69) is 5.32 Å². The molecule has 0 bridgehead atoms. The molecule has 136 valence electrons. The van der Waals surface area contributed by atoms with Crippen molar-refractivity contribution in [3.8, 4) is 0 Å². The molecule has 3 amide bonds. The highest BCUT2D eigenvalue weighted by molar-refractivity contribution is 6.34. The fourth-order valence-corrected chi connectivity index (χ4v) is 3.07. The Morgan fingerprint density at radius 2 is 1.43 bits per heavy atom. The average Bonchev–Trinajstić information content (AvgIpc) is 2.98. The van der Waals surface area contributed by atoms with E-state index in [9.17, 15) is 14.4 Å². The third kappa shape index (κ3) is 3.33. The standard InChI is InChI=1S/C23H16N2O3/c26-21(14-13-16-7-2-1-3-8-16)24-17-9-6-10-18(15-17)25-22(27)19-11-4-5-12-20(19)23(25)28/h1-15H,(H,24,26)/b14-13+. The van der Waals surface area contributed by atoms with Gasteiger partial charge in [-0.1, -0.05) is 48.5 Å². The van der Waals surface area contributed by atoms with Crippen molar-refractivity contribution in [2.24, 2.45) is 0 Å². The van der Waals surface area contributed by atoms with Gasteiger partial charge in [0.2, 0.25) is 5.91 Å². The van der Waals surface area contributed by atoms with Gasteiger partial charge in [0.05, 0.1) is 16.8 Å². The SMILES string of the molecule is O=C(/C=C/c1ccccc1)Nc1cccc(N2C(=O)c3ccccc3C2=O)c1. The number of rotatable bonds is 4. The fourth-order valence-electron chi connectivity index (χ4n) is 3.07. The summed E-state index contributed by atoms with van der Waals surface area (Å²) < 4.78 is 0. The van der Waals surface area contributed by atoms with Gasteiger partial charge in [0, 0.05) is 11.8 Å². The van der Waals surface area contributed by atoms with Crippen LogP contribution in [0.15, 0.2) is 84.9 Å². The molecule has 3 aromatic rings. The summed E-state index contributed by atoms with van der Waals surface area (Å²) in [5.41, 5.74) is 2.59. The monoisotopic (exact) mass is 368 g/mol. The van der Waals surface area contributed by atoms with Crippen LogP contribution >= 0.6 is 0 Å². The topological polar surface area (TPSA) is 66.5 Å². The van der Waals surface area contributed by atoms with Crippen molar-refractivity contribution in [1.29, 1.82) is 0 Å². The van der Waals surface area contributed by atoms with E-state index in [4.69, 9.17) is 0 Å². The molecular formula is C23H16N2O3. The van der Waals surface area contributed by atoms with Gasteiger partial charge in [0.1, 0.15) is 0 Å². The smallest absolute Gasteiger partial charge is 0.266 e. The number of carbonyl (C=O) groups excluding carboxylic acids is 3. The zero-order chi connectivity index (χ0) is 19.5. The lowest BCUT2D eigenvalue weighted by atomic mass is 10.1. The number of hydrogen-bond acceptors (Lipinski definition) is 3. The molecule has 0 fully saturated rings. The van der Waals surface area contributed by atoms with E-state index in [1.165, 1.54) is 6.08 Å². The van der Waals surface area contributed by atoms with Gasteiger partial charge in [-0.25, -0.2) is 4.90 Å². The van der Waals surface area contributed by atoms with Gasteiger partial charge in [0.15, 0.2) is 0 Å². The van der Waals surface area contributed by atoms with Gasteiger partial charge >= 0.3 is 0 Å². The van der Waals surface area contributed by atoms with Crippen molar-refractivity contribution in [2.75, 3.05) is 10.2 Å². The van der Waals surface area contributed by atoms with Crippen LogP contribution in [0.1, 0.15) is 26.3 Å². The fraction of sp³-hybridized carbons (Fsp3) is 0. The molecule has 0 unspecified atom stereocenters. The number of hydrogen-bond donors (Lipinski definition) is 1. The first-order valence-electron chi connectivity index (χ1n) is 8.75. The number of benzene rings is 3. The Morgan fingerprint density at radius 1 is 0.786 bits per heavy atom. The van der Waals surface area contributed by atoms with Crippen molar-refractivity contribution >= 4 is 35.2 Å². The average molecular weight is 368 g/mol. The van der Waals surface area contributed by atoms with Crippen molar-refractivity contribution < 1.29 is 14.4 Å². The Bertz CT molecular complexity index is 1070. The summed E-state index contributed by atoms with van der Waals surface area (Å²) in [6.45, 7) is 0. The van der Waals surface area contributed by atoms with E-state index in [0.29, 0.717) is 22.5 Å². The molecule has 1 aliphatic rings. The van der Waals surface area contributed by atoms with Crippen LogP contribution in [0.5, 0.6) is 0 Å². The van der Waals surface area contributed by atoms with E-state index in [1.807, 2.05) is 30.3 Å². The Hall–Kier alpha value is -3.99. The lowest BCUT2D eigenvalue weighted by Gasteiger charge is -2.15. The van der Waals surface area contributed by atoms with Gasteiger partial charge in [-0.15, -0.1) is 0 Å². The first kappa shape index (κ1) is 17.4. The first-order chi connectivity index (χ1) is 13.6. The van der Waals surface area contributed by atoms with Gasteiger partial charge in [-0.2, -0.15) is 0 Å². The number of nitrogens with one attached hydrogen (secondary N) is 1. The first-order valence-corrected chi connectivity index (χ1v) is 8.75. The van der Waals surface area contributed by atoms with E-state index < -0.39 is 0 Å². The summed E-state index contributed by atoms with van der Waals surface area (Å²) in [7, 11) is 0. The second kappa shape index (κ2) is 7.32. The molecule has 0 atom stereocenters. The summed E-state index contributed by atoms with van der Waals surface area (Å²) in [5, 5.41) is 2.75. The predicted molar refractivity (Wildman–Crippen MR) is 108 cm³/mol. The zero-order valence-corrected chi connectivity index (χ0v) is 14.8. The number of anilines is 2. The summed E-state index contributed by atoms with van der Waals surface area (Å²) in [6.07, 6.45) is 3.15. The molecule has 0 aromatic heterocycles. The van der Waals surface area contributed by atoms with E-state index in [-0.39, 0.29) is 17.7 Å². The largest absolute Gasteiger partial charge is 0.322 e. The van der Waals surface area contributed by atoms with Crippen LogP contribution < -0.4 is 10.2 Å². The number of imide groups is 1. The molecule has 0 saturated carbocycles. The Balaban J connectivity index is 1.53. The molecule has 0 spiro atoms. The van der Waals surface area contributed by atoms with Crippen molar-refractivity contribution in [3.05, 3.63) is 102 Å². The van der Waals surface area contributed by atoms with Crippen molar-refractivity contribution in [2.45, 2.75) is 0 Å². The highest BCUT2D eigenvalue weighted by atomic mass is 16.2. The van der Waals surface area contributed by atoms with Gasteiger partial charge in [-0.3, -0.25) is 14.4 Å². The lowest BCUT2D eigenvalue weighted by Crippen LogP contribution is -2.29. The molecule has 1 heterocycles. The van der Waals surface area contributed by atoms with Crippen LogP contribution in [0.25, 0.3) is 6.08 Å². The molecule has 3 aromatic carbocycles. The summed E-state index contributed by atoms with van der Waals surface area (Å²) >= 11 is 0. The van der Waals surface area contributed by atoms with Crippen LogP contribution in [0, 0.1) is 0 Å². The minimum atomic E-state index is -0.368. The van der Waals surface area contributed by atoms with Gasteiger partial charge < -0.3 is 5.32 Å². The highest BCUT2D eigenvalue weighted by Crippen LogP contribution is 2.29. The highest BCUT2D eigenvalue weighted by Gasteiger charge is 2.36. The molecule has 1 aliphatic heterocycles. The molecule has 1 N–H and O–H groups in total. The quantitative estimate of drug-likeness (QED) is 0.556. The molecule has 0 radical (unpaired) electrons. The lowest BCUT2D eigenvalue weighted by molar-refractivity contribution is -0.111.